The number of alkyl halides is 3. The minimum absolute atomic E-state index is 0.0917. The Kier molecular flexibility index (Phi) is 8.15. The van der Waals surface area contributed by atoms with Crippen molar-refractivity contribution in [3.8, 4) is 0 Å². The molecule has 1 aliphatic rings. The van der Waals surface area contributed by atoms with Gasteiger partial charge in [0.05, 0.1) is 13.0 Å². The Morgan fingerprint density at radius 2 is 1.83 bits per heavy atom. The summed E-state index contributed by atoms with van der Waals surface area (Å²) in [5.41, 5.74) is 0. The molecule has 0 aromatic rings. The van der Waals surface area contributed by atoms with E-state index in [1.165, 1.54) is 0 Å². The number of halogens is 3. The van der Waals surface area contributed by atoms with E-state index >= 15 is 0 Å². The largest absolute Gasteiger partial charge is 0.390 e. The first-order valence-corrected chi connectivity index (χ1v) is 7.88. The van der Waals surface area contributed by atoms with Crippen LogP contribution in [0.4, 0.5) is 13.2 Å². The van der Waals surface area contributed by atoms with Gasteiger partial charge in [-0.3, -0.25) is 14.7 Å². The summed E-state index contributed by atoms with van der Waals surface area (Å²) in [4.78, 5) is 19.2. The first-order chi connectivity index (χ1) is 10.8. The van der Waals surface area contributed by atoms with Gasteiger partial charge < -0.3 is 15.5 Å². The van der Waals surface area contributed by atoms with Crippen LogP contribution in [0.3, 0.4) is 0 Å². The highest BCUT2D eigenvalue weighted by Crippen LogP contribution is 2.18. The van der Waals surface area contributed by atoms with Crippen molar-refractivity contribution in [2.45, 2.75) is 26.4 Å². The summed E-state index contributed by atoms with van der Waals surface area (Å²) in [5.74, 6) is 0.494. The zero-order chi connectivity index (χ0) is 17.3. The third kappa shape index (κ3) is 8.63. The Morgan fingerprint density at radius 3 is 2.35 bits per heavy atom. The standard InChI is InChI=1S/C14H26F3N5O/c1-3-18-13(19-5-4-14(15,16)17)20-6-7-21-8-10-22(11-9-21)12(2)23/h3-11H2,1-2H3,(H2,18,19,20). The highest BCUT2D eigenvalue weighted by atomic mass is 19.4. The summed E-state index contributed by atoms with van der Waals surface area (Å²) >= 11 is 0. The van der Waals surface area contributed by atoms with E-state index < -0.39 is 12.6 Å². The quantitative estimate of drug-likeness (QED) is 0.552. The maximum atomic E-state index is 12.1. The molecule has 0 unspecified atom stereocenters. The number of guanidine groups is 1. The summed E-state index contributed by atoms with van der Waals surface area (Å²) in [6, 6.07) is 0. The van der Waals surface area contributed by atoms with Gasteiger partial charge in [0.15, 0.2) is 5.96 Å². The van der Waals surface area contributed by atoms with Gasteiger partial charge >= 0.3 is 6.18 Å². The lowest BCUT2D eigenvalue weighted by Gasteiger charge is -2.34. The molecule has 1 fully saturated rings. The Balaban J connectivity index is 2.27. The molecule has 6 nitrogen and oxygen atoms in total. The van der Waals surface area contributed by atoms with Crippen molar-refractivity contribution in [1.29, 1.82) is 0 Å². The highest BCUT2D eigenvalue weighted by molar-refractivity contribution is 5.79. The lowest BCUT2D eigenvalue weighted by molar-refractivity contribution is -0.132. The van der Waals surface area contributed by atoms with E-state index in [0.29, 0.717) is 19.0 Å². The maximum Gasteiger partial charge on any atom is 0.390 e. The number of hydrogen-bond donors (Lipinski definition) is 2. The average molecular weight is 337 g/mol. The van der Waals surface area contributed by atoms with E-state index in [4.69, 9.17) is 0 Å². The summed E-state index contributed by atoms with van der Waals surface area (Å²) < 4.78 is 36.4. The van der Waals surface area contributed by atoms with Gasteiger partial charge in [-0.1, -0.05) is 0 Å². The van der Waals surface area contributed by atoms with Gasteiger partial charge in [0.1, 0.15) is 0 Å². The summed E-state index contributed by atoms with van der Waals surface area (Å²) in [7, 11) is 0. The third-order valence-electron chi connectivity index (χ3n) is 3.55. The summed E-state index contributed by atoms with van der Waals surface area (Å²) in [5, 5.41) is 5.97. The first-order valence-electron chi connectivity index (χ1n) is 7.88. The molecule has 1 amide bonds. The summed E-state index contributed by atoms with van der Waals surface area (Å²) in [6.45, 7) is 8.15. The zero-order valence-electron chi connectivity index (χ0n) is 13.7. The Bertz CT molecular complexity index is 392. The van der Waals surface area contributed by atoms with Gasteiger partial charge in [-0.15, -0.1) is 0 Å². The normalized spacial score (nSPS) is 17.3. The van der Waals surface area contributed by atoms with Crippen molar-refractivity contribution in [3.05, 3.63) is 0 Å². The molecule has 1 saturated heterocycles. The van der Waals surface area contributed by atoms with Gasteiger partial charge in [0.2, 0.25) is 5.91 Å². The van der Waals surface area contributed by atoms with Crippen LogP contribution < -0.4 is 10.6 Å². The smallest absolute Gasteiger partial charge is 0.357 e. The second-order valence-electron chi connectivity index (χ2n) is 5.40. The molecule has 0 aromatic carbocycles. The molecule has 1 aliphatic heterocycles. The van der Waals surface area contributed by atoms with Crippen LogP contribution in [-0.4, -0.2) is 80.2 Å². The molecular weight excluding hydrogens is 311 g/mol. The van der Waals surface area contributed by atoms with E-state index in [9.17, 15) is 18.0 Å². The topological polar surface area (TPSA) is 60.0 Å². The molecule has 23 heavy (non-hydrogen) atoms. The summed E-state index contributed by atoms with van der Waals surface area (Å²) in [6.07, 6.45) is -5.10. The van der Waals surface area contributed by atoms with Gasteiger partial charge in [0, 0.05) is 52.7 Å². The number of rotatable bonds is 6. The average Bonchev–Trinajstić information content (AvgIpc) is 2.46. The number of nitrogens with zero attached hydrogens (tertiary/aromatic N) is 3. The fourth-order valence-electron chi connectivity index (χ4n) is 2.26. The highest BCUT2D eigenvalue weighted by Gasteiger charge is 2.26. The first kappa shape index (κ1) is 19.5. The number of piperazine rings is 1. The van der Waals surface area contributed by atoms with Crippen molar-refractivity contribution in [1.82, 2.24) is 20.4 Å². The Hall–Kier alpha value is -1.51. The van der Waals surface area contributed by atoms with Gasteiger partial charge in [0.25, 0.3) is 0 Å². The van der Waals surface area contributed by atoms with Crippen LogP contribution in [-0.2, 0) is 4.79 Å². The van der Waals surface area contributed by atoms with Crippen molar-refractivity contribution < 1.29 is 18.0 Å². The molecule has 2 N–H and O–H groups in total. The number of amides is 1. The van der Waals surface area contributed by atoms with Gasteiger partial charge in [-0.25, -0.2) is 0 Å². The minimum Gasteiger partial charge on any atom is -0.357 e. The van der Waals surface area contributed by atoms with E-state index in [1.54, 1.807) is 6.92 Å². The number of carbonyl (C=O) groups is 1. The third-order valence-corrected chi connectivity index (χ3v) is 3.55. The molecule has 0 spiro atoms. The molecule has 134 valence electrons. The van der Waals surface area contributed by atoms with Crippen molar-refractivity contribution in [3.63, 3.8) is 0 Å². The molecule has 0 saturated carbocycles. The maximum absolute atomic E-state index is 12.1. The van der Waals surface area contributed by atoms with Crippen LogP contribution in [0.5, 0.6) is 0 Å². The van der Waals surface area contributed by atoms with Crippen LogP contribution >= 0.6 is 0 Å². The molecule has 0 atom stereocenters. The number of nitrogens with one attached hydrogen (secondary N) is 2. The fourth-order valence-corrected chi connectivity index (χ4v) is 2.26. The van der Waals surface area contributed by atoms with Crippen LogP contribution in [0.1, 0.15) is 20.3 Å². The Labute approximate surface area is 135 Å². The number of aliphatic imine (C=N–C) groups is 1. The molecule has 9 heteroatoms. The number of carbonyl (C=O) groups excluding carboxylic acids is 1. The molecular formula is C14H26F3N5O. The lowest BCUT2D eigenvalue weighted by Crippen LogP contribution is -2.50. The van der Waals surface area contributed by atoms with Crippen LogP contribution in [0.25, 0.3) is 0 Å². The zero-order valence-corrected chi connectivity index (χ0v) is 13.7. The van der Waals surface area contributed by atoms with E-state index in [1.807, 2.05) is 11.8 Å². The van der Waals surface area contributed by atoms with Crippen molar-refractivity contribution in [2.75, 3.05) is 52.4 Å². The van der Waals surface area contributed by atoms with E-state index in [0.717, 1.165) is 32.7 Å². The minimum atomic E-state index is -4.18. The molecule has 1 rings (SSSR count). The van der Waals surface area contributed by atoms with Crippen molar-refractivity contribution >= 4 is 11.9 Å². The predicted octanol–water partition coefficient (Wildman–Crippen LogP) is 0.658. The second-order valence-corrected chi connectivity index (χ2v) is 5.40. The van der Waals surface area contributed by atoms with Crippen LogP contribution in [0.2, 0.25) is 0 Å². The fraction of sp³-hybridized carbons (Fsp3) is 0.857. The van der Waals surface area contributed by atoms with Crippen LogP contribution in [0.15, 0.2) is 4.99 Å². The molecule has 0 aliphatic carbocycles. The van der Waals surface area contributed by atoms with E-state index in [-0.39, 0.29) is 12.5 Å². The number of hydrogen-bond acceptors (Lipinski definition) is 3. The van der Waals surface area contributed by atoms with E-state index in [2.05, 4.69) is 20.5 Å². The van der Waals surface area contributed by atoms with Gasteiger partial charge in [-0.05, 0) is 6.92 Å². The Morgan fingerprint density at radius 1 is 1.17 bits per heavy atom. The lowest BCUT2D eigenvalue weighted by atomic mass is 10.3. The predicted molar refractivity (Wildman–Crippen MR) is 83.3 cm³/mol. The molecule has 0 radical (unpaired) electrons. The molecule has 0 aromatic heterocycles. The molecule has 1 heterocycles. The second kappa shape index (κ2) is 9.59. The van der Waals surface area contributed by atoms with Gasteiger partial charge in [-0.2, -0.15) is 13.2 Å². The SMILES string of the molecule is CCNC(=NCCC(F)(F)F)NCCN1CCN(C(C)=O)CC1. The van der Waals surface area contributed by atoms with Crippen LogP contribution in [0, 0.1) is 0 Å². The van der Waals surface area contributed by atoms with Crippen molar-refractivity contribution in [2.24, 2.45) is 4.99 Å². The monoisotopic (exact) mass is 337 g/mol. The molecule has 0 bridgehead atoms.